The van der Waals surface area contributed by atoms with Crippen molar-refractivity contribution in [2.75, 3.05) is 0 Å². The molecule has 136 valence electrons. The maximum atomic E-state index is 13.4. The summed E-state index contributed by atoms with van der Waals surface area (Å²) in [4.78, 5) is 31.1. The number of carbonyl (C=O) groups excluding carboxylic acids is 2. The van der Waals surface area contributed by atoms with Gasteiger partial charge >= 0.3 is 6.09 Å². The van der Waals surface area contributed by atoms with Gasteiger partial charge in [0, 0.05) is 18.0 Å². The van der Waals surface area contributed by atoms with E-state index in [2.05, 4.69) is 4.98 Å². The van der Waals surface area contributed by atoms with Crippen molar-refractivity contribution in [3.8, 4) is 0 Å². The minimum Gasteiger partial charge on any atom is -0.444 e. The smallest absolute Gasteiger partial charge is 0.410 e. The third-order valence-corrected chi connectivity index (χ3v) is 4.98. The Morgan fingerprint density at radius 3 is 2.32 bits per heavy atom. The first-order valence-electron chi connectivity index (χ1n) is 8.84. The van der Waals surface area contributed by atoms with E-state index in [0.29, 0.717) is 18.5 Å². The average Bonchev–Trinajstić information content (AvgIpc) is 2.78. The molecule has 2 atom stereocenters. The Balaban J connectivity index is 1.72. The van der Waals surface area contributed by atoms with E-state index in [0.717, 1.165) is 12.8 Å². The molecule has 0 aromatic carbocycles. The Bertz CT molecular complexity index is 684. The van der Waals surface area contributed by atoms with Gasteiger partial charge in [-0.3, -0.25) is 4.79 Å². The van der Waals surface area contributed by atoms with Gasteiger partial charge in [0.15, 0.2) is 5.78 Å². The molecule has 1 aromatic rings. The van der Waals surface area contributed by atoms with Crippen LogP contribution < -0.4 is 0 Å². The number of hydrogen-bond acceptors (Lipinski definition) is 4. The van der Waals surface area contributed by atoms with E-state index in [1.54, 1.807) is 6.92 Å². The molecule has 2 aliphatic heterocycles. The highest BCUT2D eigenvalue weighted by Gasteiger charge is 2.46. The van der Waals surface area contributed by atoms with Crippen LogP contribution in [0.1, 0.15) is 62.6 Å². The number of nitrogens with zero attached hydrogens (tertiary/aromatic N) is 2. The summed E-state index contributed by atoms with van der Waals surface area (Å²) in [5.74, 6) is -0.631. The van der Waals surface area contributed by atoms with Gasteiger partial charge in [-0.15, -0.1) is 0 Å². The second-order valence-corrected chi connectivity index (χ2v) is 8.07. The van der Waals surface area contributed by atoms with Crippen LogP contribution in [0.5, 0.6) is 0 Å². The van der Waals surface area contributed by atoms with Crippen LogP contribution in [0.25, 0.3) is 0 Å². The fourth-order valence-electron chi connectivity index (χ4n) is 3.89. The monoisotopic (exact) mass is 348 g/mol. The first-order chi connectivity index (χ1) is 11.7. The van der Waals surface area contributed by atoms with E-state index in [-0.39, 0.29) is 35.6 Å². The van der Waals surface area contributed by atoms with Crippen molar-refractivity contribution >= 4 is 11.9 Å². The van der Waals surface area contributed by atoms with E-state index >= 15 is 0 Å². The number of Topliss-reactive ketones (excluding diaryl/α,β-unsaturated/α-hetero) is 1. The maximum Gasteiger partial charge on any atom is 0.410 e. The lowest BCUT2D eigenvalue weighted by molar-refractivity contribution is 0.00250. The number of ketones is 1. The second kappa shape index (κ2) is 6.39. The number of piperidine rings is 1. The normalized spacial score (nSPS) is 25.8. The molecule has 0 saturated carbocycles. The molecule has 3 rings (SSSR count). The first-order valence-corrected chi connectivity index (χ1v) is 8.84. The quantitative estimate of drug-likeness (QED) is 0.761. The van der Waals surface area contributed by atoms with E-state index in [9.17, 15) is 14.0 Å². The van der Waals surface area contributed by atoms with Crippen LogP contribution >= 0.6 is 0 Å². The number of fused-ring (bicyclic) bond motifs is 2. The predicted octanol–water partition coefficient (Wildman–Crippen LogP) is 3.89. The highest BCUT2D eigenvalue weighted by molar-refractivity contribution is 5.96. The summed E-state index contributed by atoms with van der Waals surface area (Å²) >= 11 is 0. The lowest BCUT2D eigenvalue weighted by atomic mass is 9.86. The van der Waals surface area contributed by atoms with Gasteiger partial charge < -0.3 is 9.64 Å². The minimum absolute atomic E-state index is 0.0316. The largest absolute Gasteiger partial charge is 0.444 e. The molecule has 2 fully saturated rings. The average molecular weight is 348 g/mol. The van der Waals surface area contributed by atoms with Crippen LogP contribution in [0.2, 0.25) is 0 Å². The van der Waals surface area contributed by atoms with Crippen LogP contribution in [0.3, 0.4) is 0 Å². The second-order valence-electron chi connectivity index (χ2n) is 8.07. The number of carbonyl (C=O) groups is 2. The van der Waals surface area contributed by atoms with Crippen molar-refractivity contribution in [1.29, 1.82) is 0 Å². The van der Waals surface area contributed by atoms with Gasteiger partial charge in [-0.25, -0.2) is 14.2 Å². The molecule has 2 bridgehead atoms. The minimum atomic E-state index is -0.529. The van der Waals surface area contributed by atoms with Crippen molar-refractivity contribution < 1.29 is 18.7 Å². The fourth-order valence-corrected chi connectivity index (χ4v) is 3.89. The zero-order valence-corrected chi connectivity index (χ0v) is 15.2. The SMILES string of the molecule is Cc1nc(C(=O)C2CC3CCC(C2)N3C(=O)OC(C)(C)C)ccc1F. The summed E-state index contributed by atoms with van der Waals surface area (Å²) in [7, 11) is 0. The van der Waals surface area contributed by atoms with Crippen LogP contribution in [-0.4, -0.2) is 39.4 Å². The highest BCUT2D eigenvalue weighted by atomic mass is 19.1. The Labute approximate surface area is 147 Å². The summed E-state index contributed by atoms with van der Waals surface area (Å²) in [6.45, 7) is 7.11. The predicted molar refractivity (Wildman–Crippen MR) is 90.9 cm³/mol. The molecule has 1 amide bonds. The Morgan fingerprint density at radius 2 is 1.80 bits per heavy atom. The Kier molecular flexibility index (Phi) is 4.56. The molecule has 0 radical (unpaired) electrons. The number of aromatic nitrogens is 1. The molecular weight excluding hydrogens is 323 g/mol. The van der Waals surface area contributed by atoms with E-state index in [1.165, 1.54) is 12.1 Å². The van der Waals surface area contributed by atoms with Gasteiger partial charge in [0.05, 0.1) is 5.69 Å². The van der Waals surface area contributed by atoms with E-state index in [4.69, 9.17) is 4.74 Å². The molecule has 0 aliphatic carbocycles. The summed E-state index contributed by atoms with van der Waals surface area (Å²) in [6.07, 6.45) is 2.73. The third-order valence-electron chi connectivity index (χ3n) is 4.98. The number of hydrogen-bond donors (Lipinski definition) is 0. The Morgan fingerprint density at radius 1 is 1.20 bits per heavy atom. The number of amides is 1. The molecule has 25 heavy (non-hydrogen) atoms. The zero-order chi connectivity index (χ0) is 18.4. The van der Waals surface area contributed by atoms with Crippen LogP contribution in [0.15, 0.2) is 12.1 Å². The van der Waals surface area contributed by atoms with Crippen molar-refractivity contribution in [3.05, 3.63) is 29.3 Å². The van der Waals surface area contributed by atoms with Crippen molar-refractivity contribution in [1.82, 2.24) is 9.88 Å². The molecular formula is C19H25FN2O3. The van der Waals surface area contributed by atoms with Gasteiger partial charge in [0.1, 0.15) is 17.1 Å². The number of halogens is 1. The van der Waals surface area contributed by atoms with Crippen molar-refractivity contribution in [2.45, 2.75) is 71.1 Å². The number of rotatable bonds is 2. The fraction of sp³-hybridized carbons (Fsp3) is 0.632. The van der Waals surface area contributed by atoms with Gasteiger partial charge in [-0.05, 0) is 65.5 Å². The Hall–Kier alpha value is -1.98. The standard InChI is InChI=1S/C19H25FN2O3/c1-11-15(20)7-8-16(21-11)17(23)12-9-13-5-6-14(10-12)22(13)18(24)25-19(2,3)4/h7-8,12-14H,5-6,9-10H2,1-4H3. The summed E-state index contributed by atoms with van der Waals surface area (Å²) in [5, 5.41) is 0. The molecule has 5 nitrogen and oxygen atoms in total. The first kappa shape index (κ1) is 17.8. The van der Waals surface area contributed by atoms with E-state index < -0.39 is 11.4 Å². The van der Waals surface area contributed by atoms with Gasteiger partial charge in [-0.2, -0.15) is 0 Å². The summed E-state index contributed by atoms with van der Waals surface area (Å²) in [5.41, 5.74) is 0.0210. The molecule has 1 aromatic heterocycles. The van der Waals surface area contributed by atoms with E-state index in [1.807, 2.05) is 25.7 Å². The van der Waals surface area contributed by atoms with Crippen LogP contribution in [-0.2, 0) is 4.74 Å². The lowest BCUT2D eigenvalue weighted by Gasteiger charge is -2.38. The lowest BCUT2D eigenvalue weighted by Crippen LogP contribution is -2.49. The van der Waals surface area contributed by atoms with Gasteiger partial charge in [0.25, 0.3) is 0 Å². The number of pyridine rings is 1. The van der Waals surface area contributed by atoms with Crippen LogP contribution in [0, 0.1) is 18.7 Å². The zero-order valence-electron chi connectivity index (χ0n) is 15.2. The summed E-state index contributed by atoms with van der Waals surface area (Å²) in [6, 6.07) is 2.81. The van der Waals surface area contributed by atoms with Crippen LogP contribution in [0.4, 0.5) is 9.18 Å². The molecule has 0 N–H and O–H groups in total. The number of ether oxygens (including phenoxy) is 1. The third kappa shape index (κ3) is 3.67. The van der Waals surface area contributed by atoms with Crippen molar-refractivity contribution in [3.63, 3.8) is 0 Å². The van der Waals surface area contributed by atoms with Gasteiger partial charge in [-0.1, -0.05) is 0 Å². The summed E-state index contributed by atoms with van der Waals surface area (Å²) < 4.78 is 18.9. The molecule has 6 heteroatoms. The number of aryl methyl sites for hydroxylation is 1. The molecule has 0 spiro atoms. The molecule has 2 unspecified atom stereocenters. The topological polar surface area (TPSA) is 59.5 Å². The van der Waals surface area contributed by atoms with Crippen molar-refractivity contribution in [2.24, 2.45) is 5.92 Å². The maximum absolute atomic E-state index is 13.4. The molecule has 2 aliphatic rings. The highest BCUT2D eigenvalue weighted by Crippen LogP contribution is 2.40. The van der Waals surface area contributed by atoms with Gasteiger partial charge in [0.2, 0.25) is 0 Å². The molecule has 3 heterocycles. The molecule has 2 saturated heterocycles.